The molecule has 3 unspecified atom stereocenters. The molecule has 0 spiro atoms. The van der Waals surface area contributed by atoms with Crippen LogP contribution in [0.3, 0.4) is 0 Å². The Kier molecular flexibility index (Phi) is 4.64. The third-order valence-corrected chi connectivity index (χ3v) is 8.39. The summed E-state index contributed by atoms with van der Waals surface area (Å²) in [7, 11) is 0. The van der Waals surface area contributed by atoms with E-state index in [4.69, 9.17) is 11.6 Å². The molecular formula is C28H20ClFN8O. The van der Waals surface area contributed by atoms with E-state index in [2.05, 4.69) is 30.7 Å². The van der Waals surface area contributed by atoms with Crippen LogP contribution in [-0.2, 0) is 0 Å². The van der Waals surface area contributed by atoms with Gasteiger partial charge in [-0.25, -0.2) is 4.99 Å². The summed E-state index contributed by atoms with van der Waals surface area (Å²) in [6.45, 7) is 1.96. The van der Waals surface area contributed by atoms with E-state index < -0.39 is 5.95 Å². The standard InChI is InChI=1S/C28H20ClFN8O/c1-13-17-4-2-14(6-22(17)34-33-13)19-11-23(32-28(19)30)27-21-10-20(21)25-7-15(8-26(39)38(25)27)18-9-16(29)3-5-24(18)37-12-31-35-36-37/h2-9,12,20-21,27H,10-11H2,1H3,(H,33,34). The number of hydrogen-bond donors (Lipinski definition) is 1. The number of nitrogens with zero attached hydrogens (tertiary/aromatic N) is 7. The molecule has 1 aliphatic carbocycles. The number of tetrazole rings is 1. The van der Waals surface area contributed by atoms with Crippen molar-refractivity contribution in [3.63, 3.8) is 0 Å². The minimum absolute atomic E-state index is 0.146. The molecule has 0 bridgehead atoms. The lowest BCUT2D eigenvalue weighted by Crippen LogP contribution is -2.29. The summed E-state index contributed by atoms with van der Waals surface area (Å²) in [5.41, 5.74) is 6.76. The minimum atomic E-state index is -0.489. The van der Waals surface area contributed by atoms with Crippen molar-refractivity contribution in [2.24, 2.45) is 10.9 Å². The van der Waals surface area contributed by atoms with Gasteiger partial charge < -0.3 is 4.57 Å². The fraction of sp³-hybridized carbons (Fsp3) is 0.214. The second-order valence-corrected chi connectivity index (χ2v) is 10.8. The van der Waals surface area contributed by atoms with Gasteiger partial charge in [-0.3, -0.25) is 9.89 Å². The van der Waals surface area contributed by atoms with Gasteiger partial charge in [0, 0.05) is 57.1 Å². The summed E-state index contributed by atoms with van der Waals surface area (Å²) in [5.74, 6) is -0.0258. The number of aryl methyl sites for hydroxylation is 1. The third kappa shape index (κ3) is 3.37. The van der Waals surface area contributed by atoms with E-state index in [9.17, 15) is 4.79 Å². The first-order valence-corrected chi connectivity index (χ1v) is 13.0. The fourth-order valence-electron chi connectivity index (χ4n) is 6.25. The quantitative estimate of drug-likeness (QED) is 0.318. The number of H-pyrrole nitrogens is 1. The molecule has 39 heavy (non-hydrogen) atoms. The third-order valence-electron chi connectivity index (χ3n) is 8.15. The van der Waals surface area contributed by atoms with Crippen molar-refractivity contribution in [2.75, 3.05) is 0 Å². The van der Waals surface area contributed by atoms with E-state index in [1.54, 1.807) is 21.4 Å². The second-order valence-electron chi connectivity index (χ2n) is 10.4. The van der Waals surface area contributed by atoms with Gasteiger partial charge in [0.25, 0.3) is 5.56 Å². The molecule has 3 atom stereocenters. The van der Waals surface area contributed by atoms with Crippen LogP contribution in [0.4, 0.5) is 4.39 Å². The van der Waals surface area contributed by atoms with Crippen LogP contribution in [0.5, 0.6) is 0 Å². The zero-order valence-corrected chi connectivity index (χ0v) is 21.4. The van der Waals surface area contributed by atoms with Crippen LogP contribution in [0.2, 0.25) is 5.02 Å². The van der Waals surface area contributed by atoms with Crippen molar-refractivity contribution in [1.29, 1.82) is 0 Å². The highest BCUT2D eigenvalue weighted by molar-refractivity contribution is 6.31. The maximum absolute atomic E-state index is 15.2. The summed E-state index contributed by atoms with van der Waals surface area (Å²) < 4.78 is 18.6. The van der Waals surface area contributed by atoms with E-state index in [0.717, 1.165) is 51.1 Å². The average molecular weight is 539 g/mol. The van der Waals surface area contributed by atoms with Gasteiger partial charge in [-0.1, -0.05) is 23.7 Å². The van der Waals surface area contributed by atoms with Crippen LogP contribution in [0, 0.1) is 12.8 Å². The normalized spacial score (nSPS) is 21.4. The number of aromatic amines is 1. The number of halogens is 2. The largest absolute Gasteiger partial charge is 0.303 e. The first-order valence-electron chi connectivity index (χ1n) is 12.7. The number of benzene rings is 2. The molecule has 0 saturated heterocycles. The lowest BCUT2D eigenvalue weighted by atomic mass is 9.97. The van der Waals surface area contributed by atoms with Crippen LogP contribution in [-0.4, -0.2) is 40.7 Å². The highest BCUT2D eigenvalue weighted by atomic mass is 35.5. The maximum Gasteiger partial charge on any atom is 0.251 e. The molecule has 8 rings (SSSR count). The number of rotatable bonds is 4. The second kappa shape index (κ2) is 8.03. The number of nitrogens with one attached hydrogen (secondary N) is 1. The molecule has 5 aromatic rings. The van der Waals surface area contributed by atoms with Gasteiger partial charge in [0.2, 0.25) is 5.95 Å². The number of aliphatic imine (C=N–C) groups is 1. The molecule has 192 valence electrons. The molecule has 2 aromatic carbocycles. The van der Waals surface area contributed by atoms with Crippen LogP contribution in [0.1, 0.15) is 41.8 Å². The first kappa shape index (κ1) is 22.5. The number of aromatic nitrogens is 7. The lowest BCUT2D eigenvalue weighted by molar-refractivity contribution is 0.579. The molecule has 3 aromatic heterocycles. The van der Waals surface area contributed by atoms with Gasteiger partial charge in [-0.2, -0.15) is 14.2 Å². The highest BCUT2D eigenvalue weighted by Gasteiger charge is 2.55. The van der Waals surface area contributed by atoms with Crippen LogP contribution < -0.4 is 5.56 Å². The Balaban J connectivity index is 1.16. The molecule has 1 saturated carbocycles. The zero-order valence-electron chi connectivity index (χ0n) is 20.6. The summed E-state index contributed by atoms with van der Waals surface area (Å²) >= 11 is 6.34. The summed E-state index contributed by atoms with van der Waals surface area (Å²) in [5, 5.41) is 20.3. The van der Waals surface area contributed by atoms with Crippen molar-refractivity contribution in [3.8, 4) is 16.8 Å². The van der Waals surface area contributed by atoms with Crippen molar-refractivity contribution < 1.29 is 4.39 Å². The van der Waals surface area contributed by atoms with E-state index in [1.165, 1.54) is 6.33 Å². The summed E-state index contributed by atoms with van der Waals surface area (Å²) in [6.07, 6.45) is 2.81. The molecule has 11 heteroatoms. The Labute approximate surface area is 225 Å². The number of hydrogen-bond acceptors (Lipinski definition) is 6. The van der Waals surface area contributed by atoms with Gasteiger partial charge in [0.05, 0.1) is 17.2 Å². The van der Waals surface area contributed by atoms with Crippen LogP contribution >= 0.6 is 11.6 Å². The van der Waals surface area contributed by atoms with Crippen molar-refractivity contribution in [2.45, 2.75) is 31.7 Å². The Hall–Kier alpha value is -4.44. The Morgan fingerprint density at radius 1 is 1.10 bits per heavy atom. The molecule has 9 nitrogen and oxygen atoms in total. The zero-order chi connectivity index (χ0) is 26.4. The average Bonchev–Trinajstić information content (AvgIpc) is 3.30. The van der Waals surface area contributed by atoms with Crippen molar-refractivity contribution in [1.82, 2.24) is 35.0 Å². The number of pyridine rings is 1. The molecule has 2 aliphatic heterocycles. The minimum Gasteiger partial charge on any atom is -0.303 e. The maximum atomic E-state index is 15.2. The molecule has 3 aliphatic rings. The first-order chi connectivity index (χ1) is 19.0. The van der Waals surface area contributed by atoms with E-state index in [-0.39, 0.29) is 23.4 Å². The van der Waals surface area contributed by atoms with E-state index in [0.29, 0.717) is 22.7 Å². The van der Waals surface area contributed by atoms with Gasteiger partial charge in [-0.05, 0) is 71.1 Å². The Morgan fingerprint density at radius 3 is 2.85 bits per heavy atom. The predicted molar refractivity (Wildman–Crippen MR) is 145 cm³/mol. The number of allylic oxidation sites excluding steroid dienone is 1. The van der Waals surface area contributed by atoms with Gasteiger partial charge in [0.1, 0.15) is 6.33 Å². The number of fused-ring (bicyclic) bond motifs is 4. The Bertz CT molecular complexity index is 1950. The van der Waals surface area contributed by atoms with Crippen LogP contribution in [0.25, 0.3) is 33.3 Å². The predicted octanol–water partition coefficient (Wildman–Crippen LogP) is 5.17. The van der Waals surface area contributed by atoms with E-state index >= 15 is 4.39 Å². The molecule has 0 radical (unpaired) electrons. The van der Waals surface area contributed by atoms with Crippen LogP contribution in [0.15, 0.2) is 70.6 Å². The lowest BCUT2D eigenvalue weighted by Gasteiger charge is -2.20. The van der Waals surface area contributed by atoms with Gasteiger partial charge in [0.15, 0.2) is 0 Å². The monoisotopic (exact) mass is 538 g/mol. The SMILES string of the molecule is Cc1[nH]nc2cc(C3=C(F)N=C(C4C5CC5c5cc(-c6cc(Cl)ccc6-n6cnnn6)cc(=O)n54)C3)ccc12. The van der Waals surface area contributed by atoms with Gasteiger partial charge >= 0.3 is 0 Å². The van der Waals surface area contributed by atoms with Crippen molar-refractivity contribution >= 4 is 33.8 Å². The molecule has 1 fully saturated rings. The Morgan fingerprint density at radius 2 is 2.00 bits per heavy atom. The summed E-state index contributed by atoms with van der Waals surface area (Å²) in [4.78, 5) is 18.0. The fourth-order valence-corrected chi connectivity index (χ4v) is 6.43. The molecule has 0 amide bonds. The van der Waals surface area contributed by atoms with E-state index in [1.807, 2.05) is 43.3 Å². The molecule has 1 N–H and O–H groups in total. The smallest absolute Gasteiger partial charge is 0.251 e. The van der Waals surface area contributed by atoms with Gasteiger partial charge in [-0.15, -0.1) is 5.10 Å². The highest BCUT2D eigenvalue weighted by Crippen LogP contribution is 2.60. The molecule has 5 heterocycles. The summed E-state index contributed by atoms with van der Waals surface area (Å²) in [6, 6.07) is 14.5. The molecular weight excluding hydrogens is 519 g/mol. The topological polar surface area (TPSA) is 107 Å². The van der Waals surface area contributed by atoms with Crippen molar-refractivity contribution in [3.05, 3.63) is 93.1 Å².